The molecule has 184 valence electrons. The molecular formula is C23H29N3O6S2. The highest BCUT2D eigenvalue weighted by atomic mass is 32.2. The fourth-order valence-corrected chi connectivity index (χ4v) is 6.74. The van der Waals surface area contributed by atoms with Crippen LogP contribution >= 0.6 is 11.3 Å². The number of thiophene rings is 1. The first-order chi connectivity index (χ1) is 15.9. The lowest BCUT2D eigenvalue weighted by Gasteiger charge is -2.48. The lowest BCUT2D eigenvalue weighted by Crippen LogP contribution is -2.52. The lowest BCUT2D eigenvalue weighted by molar-refractivity contribution is -0.174. The van der Waals surface area contributed by atoms with Crippen molar-refractivity contribution in [2.45, 2.75) is 62.7 Å². The molecule has 2 aliphatic rings. The van der Waals surface area contributed by atoms with Gasteiger partial charge in [-0.3, -0.25) is 9.78 Å². The van der Waals surface area contributed by atoms with Crippen LogP contribution in [0.15, 0.2) is 29.3 Å². The average Bonchev–Trinajstić information content (AvgIpc) is 3.22. The summed E-state index contributed by atoms with van der Waals surface area (Å²) >= 11 is 1.40. The van der Waals surface area contributed by atoms with Gasteiger partial charge in [-0.05, 0) is 50.5 Å². The third-order valence-electron chi connectivity index (χ3n) is 6.34. The minimum Gasteiger partial charge on any atom is -0.465 e. The van der Waals surface area contributed by atoms with Gasteiger partial charge in [-0.15, -0.1) is 11.3 Å². The van der Waals surface area contributed by atoms with Crippen molar-refractivity contribution in [3.8, 4) is 0 Å². The van der Waals surface area contributed by atoms with E-state index in [4.69, 9.17) is 4.74 Å². The number of amides is 2. The summed E-state index contributed by atoms with van der Waals surface area (Å²) in [5.41, 5.74) is 0.626. The fourth-order valence-electron chi connectivity index (χ4n) is 4.64. The molecule has 0 aromatic carbocycles. The molecule has 9 nitrogen and oxygen atoms in total. The van der Waals surface area contributed by atoms with Gasteiger partial charge in [0.15, 0.2) is 9.84 Å². The third kappa shape index (κ3) is 4.82. The molecule has 0 atom stereocenters. The maximum absolute atomic E-state index is 12.9. The largest absolute Gasteiger partial charge is 0.465 e. The minimum atomic E-state index is -3.32. The Hall–Kier alpha value is -2.50. The monoisotopic (exact) mass is 507 g/mol. The molecule has 0 bridgehead atoms. The molecule has 2 aliphatic heterocycles. The molecule has 11 heteroatoms. The molecule has 2 N–H and O–H groups in total. The molecule has 0 radical (unpaired) electrons. The maximum Gasteiger partial charge on any atom is 0.407 e. The van der Waals surface area contributed by atoms with Crippen molar-refractivity contribution in [1.29, 1.82) is 0 Å². The molecule has 1 fully saturated rings. The van der Waals surface area contributed by atoms with E-state index >= 15 is 0 Å². The number of ether oxygens (including phenoxy) is 1. The molecule has 1 spiro atoms. The first-order valence-electron chi connectivity index (χ1n) is 11.2. The van der Waals surface area contributed by atoms with Gasteiger partial charge in [-0.2, -0.15) is 0 Å². The zero-order valence-corrected chi connectivity index (χ0v) is 21.1. The summed E-state index contributed by atoms with van der Waals surface area (Å²) in [6, 6.07) is 5.02. The highest BCUT2D eigenvalue weighted by Crippen LogP contribution is 2.49. The number of carboxylic acid groups (broad SMARTS) is 1. The summed E-state index contributed by atoms with van der Waals surface area (Å²) in [6.07, 6.45) is 2.16. The van der Waals surface area contributed by atoms with Gasteiger partial charge in [0, 0.05) is 30.6 Å². The van der Waals surface area contributed by atoms with E-state index in [0.717, 1.165) is 10.4 Å². The quantitative estimate of drug-likeness (QED) is 0.636. The van der Waals surface area contributed by atoms with Crippen LogP contribution < -0.4 is 5.32 Å². The van der Waals surface area contributed by atoms with E-state index in [-0.39, 0.29) is 23.1 Å². The summed E-state index contributed by atoms with van der Waals surface area (Å²) in [7, 11) is -3.32. The average molecular weight is 508 g/mol. The predicted molar refractivity (Wildman–Crippen MR) is 127 cm³/mol. The van der Waals surface area contributed by atoms with E-state index in [1.807, 2.05) is 19.9 Å². The summed E-state index contributed by atoms with van der Waals surface area (Å²) in [6.45, 7) is 6.57. The number of hydrogen-bond donors (Lipinski definition) is 2. The van der Waals surface area contributed by atoms with Gasteiger partial charge < -0.3 is 20.1 Å². The molecule has 2 aromatic rings. The van der Waals surface area contributed by atoms with E-state index < -0.39 is 27.1 Å². The van der Waals surface area contributed by atoms with Gasteiger partial charge in [0.05, 0.1) is 33.4 Å². The van der Waals surface area contributed by atoms with Crippen LogP contribution in [0, 0.1) is 0 Å². The molecule has 0 unspecified atom stereocenters. The molecule has 4 rings (SSSR count). The molecule has 0 aliphatic carbocycles. The van der Waals surface area contributed by atoms with Crippen LogP contribution in [-0.2, 0) is 33.1 Å². The highest BCUT2D eigenvalue weighted by Gasteiger charge is 2.48. The van der Waals surface area contributed by atoms with Crippen LogP contribution in [0.2, 0.25) is 0 Å². The van der Waals surface area contributed by atoms with Gasteiger partial charge in [-0.25, -0.2) is 13.2 Å². The number of carbonyl (C=O) groups is 2. The number of rotatable bonds is 5. The van der Waals surface area contributed by atoms with Crippen LogP contribution in [0.3, 0.4) is 0 Å². The lowest BCUT2D eigenvalue weighted by atomic mass is 9.81. The Morgan fingerprint density at radius 3 is 2.56 bits per heavy atom. The number of pyridine rings is 1. The highest BCUT2D eigenvalue weighted by molar-refractivity contribution is 7.91. The van der Waals surface area contributed by atoms with Gasteiger partial charge in [0.25, 0.3) is 5.91 Å². The first-order valence-corrected chi connectivity index (χ1v) is 13.7. The number of fused-ring (bicyclic) bond motifs is 2. The van der Waals surface area contributed by atoms with Crippen LogP contribution in [0.25, 0.3) is 0 Å². The van der Waals surface area contributed by atoms with Gasteiger partial charge in [0.2, 0.25) is 0 Å². The summed E-state index contributed by atoms with van der Waals surface area (Å²) in [4.78, 5) is 31.6. The molecule has 34 heavy (non-hydrogen) atoms. The van der Waals surface area contributed by atoms with Gasteiger partial charge in [-0.1, -0.05) is 6.92 Å². The van der Waals surface area contributed by atoms with Gasteiger partial charge in [0.1, 0.15) is 5.60 Å². The van der Waals surface area contributed by atoms with Crippen molar-refractivity contribution in [2.24, 2.45) is 0 Å². The van der Waals surface area contributed by atoms with E-state index in [1.165, 1.54) is 28.5 Å². The van der Waals surface area contributed by atoms with Crippen molar-refractivity contribution in [1.82, 2.24) is 15.2 Å². The van der Waals surface area contributed by atoms with Crippen LogP contribution in [0.5, 0.6) is 0 Å². The normalized spacial score (nSPS) is 19.0. The topological polar surface area (TPSA) is 126 Å². The zero-order valence-electron chi connectivity index (χ0n) is 19.5. The predicted octanol–water partition coefficient (Wildman–Crippen LogP) is 3.19. The molecule has 2 aromatic heterocycles. The second-order valence-electron chi connectivity index (χ2n) is 9.34. The second kappa shape index (κ2) is 8.94. The zero-order chi connectivity index (χ0) is 24.7. The van der Waals surface area contributed by atoms with Crippen molar-refractivity contribution in [3.63, 3.8) is 0 Å². The van der Waals surface area contributed by atoms with E-state index in [9.17, 15) is 23.1 Å². The summed E-state index contributed by atoms with van der Waals surface area (Å²) < 4.78 is 30.4. The number of carbonyl (C=O) groups excluding carboxylic acids is 1. The minimum absolute atomic E-state index is 0.00412. The Morgan fingerprint density at radius 1 is 1.26 bits per heavy atom. The Kier molecular flexibility index (Phi) is 6.47. The number of aromatic nitrogens is 1. The number of nitrogens with zero attached hydrogens (tertiary/aromatic N) is 2. The Balaban J connectivity index is 1.50. The standard InChI is InChI=1S/C23H29N3O6S2/c1-4-34(30,31)17-6-5-16(24-14-17)13-25-20(27)18-11-15-12-22(2,3)32-23(19(15)33-18)7-9-26(10-8-23)21(28)29/h5-6,11,14H,4,7-10,12-13H2,1-3H3,(H,25,27)(H,28,29). The third-order valence-corrected chi connectivity index (χ3v) is 9.42. The molecular weight excluding hydrogens is 478 g/mol. The van der Waals surface area contributed by atoms with Crippen molar-refractivity contribution < 1.29 is 27.9 Å². The molecule has 4 heterocycles. The van der Waals surface area contributed by atoms with E-state index in [2.05, 4.69) is 10.3 Å². The fraction of sp³-hybridized carbons (Fsp3) is 0.522. The van der Waals surface area contributed by atoms with Crippen LogP contribution in [0.4, 0.5) is 4.79 Å². The Morgan fingerprint density at radius 2 is 1.97 bits per heavy atom. The summed E-state index contributed by atoms with van der Waals surface area (Å²) in [5, 5.41) is 12.2. The van der Waals surface area contributed by atoms with E-state index in [0.29, 0.717) is 42.9 Å². The number of sulfone groups is 1. The van der Waals surface area contributed by atoms with Crippen LogP contribution in [0.1, 0.15) is 59.4 Å². The second-order valence-corrected chi connectivity index (χ2v) is 12.7. The number of likely N-dealkylation sites (tertiary alicyclic amines) is 1. The van der Waals surface area contributed by atoms with Gasteiger partial charge >= 0.3 is 6.09 Å². The Labute approximate surface area is 203 Å². The summed E-state index contributed by atoms with van der Waals surface area (Å²) in [5.74, 6) is -0.230. The van der Waals surface area contributed by atoms with Crippen molar-refractivity contribution in [3.05, 3.63) is 45.4 Å². The van der Waals surface area contributed by atoms with Crippen LogP contribution in [-0.4, -0.2) is 59.9 Å². The van der Waals surface area contributed by atoms with E-state index in [1.54, 1.807) is 13.0 Å². The molecule has 0 saturated carbocycles. The number of piperidine rings is 1. The maximum atomic E-state index is 12.9. The first kappa shape index (κ1) is 24.6. The molecule has 2 amide bonds. The molecule has 1 saturated heterocycles. The van der Waals surface area contributed by atoms with Crippen molar-refractivity contribution in [2.75, 3.05) is 18.8 Å². The number of nitrogens with one attached hydrogen (secondary N) is 1. The number of hydrogen-bond acceptors (Lipinski definition) is 7. The van der Waals surface area contributed by atoms with Crippen molar-refractivity contribution >= 4 is 33.2 Å². The Bertz CT molecular complexity index is 1200. The smallest absolute Gasteiger partial charge is 0.407 e. The SMILES string of the molecule is CCS(=O)(=O)c1ccc(CNC(=O)c2cc3c(s2)C2(CCN(C(=O)O)CC2)OC(C)(C)C3)nc1.